The molecule has 0 spiro atoms. The fourth-order valence-electron chi connectivity index (χ4n) is 5.20. The Labute approximate surface area is 256 Å². The summed E-state index contributed by atoms with van der Waals surface area (Å²) in [6.07, 6.45) is 3.41. The monoisotopic (exact) mass is 619 g/mol. The molecule has 4 amide bonds. The second-order valence-corrected chi connectivity index (χ2v) is 11.2. The van der Waals surface area contributed by atoms with Crippen molar-refractivity contribution in [3.8, 4) is 11.5 Å². The number of H-pyrrole nitrogens is 1. The van der Waals surface area contributed by atoms with E-state index in [4.69, 9.17) is 9.47 Å². The van der Waals surface area contributed by atoms with Crippen LogP contribution in [0.4, 0.5) is 30.8 Å². The first-order chi connectivity index (χ1) is 21.7. The van der Waals surface area contributed by atoms with Gasteiger partial charge in [-0.05, 0) is 62.1 Å². The fraction of sp³-hybridized carbons (Fsp3) is 0.323. The normalized spacial score (nSPS) is 17.5. The van der Waals surface area contributed by atoms with Gasteiger partial charge in [-0.1, -0.05) is 0 Å². The maximum Gasteiger partial charge on any atom is 0.331 e. The van der Waals surface area contributed by atoms with E-state index in [2.05, 4.69) is 25.8 Å². The molecule has 1 aliphatic carbocycles. The number of nitrogens with zero attached hydrogens (tertiary/aromatic N) is 4. The van der Waals surface area contributed by atoms with Crippen molar-refractivity contribution >= 4 is 46.1 Å². The third kappa shape index (κ3) is 6.41. The van der Waals surface area contributed by atoms with Gasteiger partial charge in [0.25, 0.3) is 0 Å². The molecule has 1 saturated carbocycles. The summed E-state index contributed by atoms with van der Waals surface area (Å²) in [7, 11) is 1.59. The number of hydrogen-bond acceptors (Lipinski definition) is 8. The van der Waals surface area contributed by atoms with Gasteiger partial charge in [0.1, 0.15) is 22.9 Å². The molecular weight excluding hydrogens is 588 g/mol. The van der Waals surface area contributed by atoms with E-state index in [1.54, 1.807) is 13.2 Å². The number of carbonyl (C=O) groups is 3. The van der Waals surface area contributed by atoms with Gasteiger partial charge >= 0.3 is 6.03 Å². The lowest BCUT2D eigenvalue weighted by atomic mass is 10.0. The average molecular weight is 620 g/mol. The molecule has 1 unspecified atom stereocenters. The lowest BCUT2D eigenvalue weighted by Gasteiger charge is -2.38. The number of carbonyl (C=O) groups excluding carboxylic acids is 3. The minimum Gasteiger partial charge on any atom is -0.453 e. The van der Waals surface area contributed by atoms with E-state index in [0.717, 1.165) is 35.9 Å². The first-order valence-corrected chi connectivity index (χ1v) is 14.5. The van der Waals surface area contributed by atoms with Crippen molar-refractivity contribution in [2.24, 2.45) is 11.8 Å². The van der Waals surface area contributed by atoms with Crippen LogP contribution >= 0.6 is 0 Å². The third-order valence-corrected chi connectivity index (χ3v) is 7.60. The molecule has 2 aliphatic rings. The van der Waals surface area contributed by atoms with Crippen LogP contribution in [0.5, 0.6) is 11.5 Å². The number of imide groups is 1. The SMILES string of the molecule is COC[C@H](C)Nc1n[nH]c2nccc(Oc3ccc(NC(=O)C4CN(CC5CC5)C(=O)N(c5ccc(F)cc5)C4=O)cc3F)c12. The van der Waals surface area contributed by atoms with E-state index in [1.165, 1.54) is 35.4 Å². The van der Waals surface area contributed by atoms with Gasteiger partial charge in [0.05, 0.1) is 12.3 Å². The molecule has 45 heavy (non-hydrogen) atoms. The smallest absolute Gasteiger partial charge is 0.331 e. The van der Waals surface area contributed by atoms with Crippen LogP contribution in [-0.2, 0) is 14.3 Å². The van der Waals surface area contributed by atoms with Crippen molar-refractivity contribution in [3.05, 3.63) is 66.4 Å². The molecule has 1 saturated heterocycles. The molecule has 12 nitrogen and oxygen atoms in total. The maximum absolute atomic E-state index is 15.3. The number of methoxy groups -OCH3 is 1. The molecule has 3 heterocycles. The lowest BCUT2D eigenvalue weighted by Crippen LogP contribution is -2.60. The van der Waals surface area contributed by atoms with Crippen molar-refractivity contribution < 1.29 is 32.6 Å². The fourth-order valence-corrected chi connectivity index (χ4v) is 5.20. The number of benzene rings is 2. The topological polar surface area (TPSA) is 142 Å². The number of urea groups is 1. The van der Waals surface area contributed by atoms with Crippen molar-refractivity contribution in [1.29, 1.82) is 0 Å². The Morgan fingerprint density at radius 3 is 2.60 bits per heavy atom. The van der Waals surface area contributed by atoms with Crippen LogP contribution in [0.25, 0.3) is 11.0 Å². The number of ether oxygens (including phenoxy) is 2. The zero-order valence-corrected chi connectivity index (χ0v) is 24.5. The van der Waals surface area contributed by atoms with Crippen LogP contribution in [0.2, 0.25) is 0 Å². The summed E-state index contributed by atoms with van der Waals surface area (Å²) in [4.78, 5) is 46.7. The van der Waals surface area contributed by atoms with Crippen molar-refractivity contribution in [2.45, 2.75) is 25.8 Å². The molecule has 234 valence electrons. The van der Waals surface area contributed by atoms with Gasteiger partial charge in [0.2, 0.25) is 11.8 Å². The molecule has 6 rings (SSSR count). The summed E-state index contributed by atoms with van der Waals surface area (Å²) in [6, 6.07) is 9.73. The van der Waals surface area contributed by atoms with E-state index in [9.17, 15) is 18.8 Å². The van der Waals surface area contributed by atoms with Gasteiger partial charge in [0, 0.05) is 50.3 Å². The van der Waals surface area contributed by atoms with Gasteiger partial charge in [-0.15, -0.1) is 0 Å². The van der Waals surface area contributed by atoms with Crippen LogP contribution in [0.1, 0.15) is 19.8 Å². The molecule has 0 radical (unpaired) electrons. The van der Waals surface area contributed by atoms with Crippen molar-refractivity contribution in [3.63, 3.8) is 0 Å². The molecule has 14 heteroatoms. The summed E-state index contributed by atoms with van der Waals surface area (Å²) in [5.74, 6) is -3.07. The lowest BCUT2D eigenvalue weighted by molar-refractivity contribution is -0.132. The largest absolute Gasteiger partial charge is 0.453 e. The maximum atomic E-state index is 15.3. The minimum absolute atomic E-state index is 0.0769. The molecule has 2 fully saturated rings. The van der Waals surface area contributed by atoms with Crippen LogP contribution in [0.3, 0.4) is 0 Å². The standard InChI is InChI=1S/C31H31F2N7O5/c1-17(16-44-2)35-28-26-25(11-12-34-27(26)37-38-28)45-24-10-7-20(13-23(24)33)36-29(41)22-15-39(14-18-3-4-18)31(43)40(30(22)42)21-8-5-19(32)6-9-21/h5-13,17-18,22H,3-4,14-16H2,1-2H3,(H,36,41)(H2,34,35,37,38)/t17-,22?/m0/s1. The second kappa shape index (κ2) is 12.5. The Morgan fingerprint density at radius 2 is 1.89 bits per heavy atom. The molecule has 1 aliphatic heterocycles. The number of anilines is 3. The quantitative estimate of drug-likeness (QED) is 0.201. The highest BCUT2D eigenvalue weighted by molar-refractivity contribution is 6.23. The first kappa shape index (κ1) is 29.9. The van der Waals surface area contributed by atoms with Gasteiger partial charge in [0.15, 0.2) is 23.0 Å². The molecule has 2 aromatic carbocycles. The van der Waals surface area contributed by atoms with E-state index in [0.29, 0.717) is 41.7 Å². The Hall–Kier alpha value is -5.11. The van der Waals surface area contributed by atoms with Gasteiger partial charge < -0.3 is 25.0 Å². The number of amides is 4. The van der Waals surface area contributed by atoms with Crippen LogP contribution in [0, 0.1) is 23.5 Å². The number of hydrogen-bond donors (Lipinski definition) is 3. The number of aromatic nitrogens is 3. The molecule has 3 N–H and O–H groups in total. The van der Waals surface area contributed by atoms with Gasteiger partial charge in [-0.3, -0.25) is 14.7 Å². The number of rotatable bonds is 11. The number of aromatic amines is 1. The number of fused-ring (bicyclic) bond motifs is 1. The summed E-state index contributed by atoms with van der Waals surface area (Å²) in [5.41, 5.74) is 0.687. The number of nitrogens with one attached hydrogen (secondary N) is 3. The highest BCUT2D eigenvalue weighted by Crippen LogP contribution is 2.36. The van der Waals surface area contributed by atoms with Gasteiger partial charge in [-0.2, -0.15) is 5.10 Å². The molecule has 4 aromatic rings. The Balaban J connectivity index is 1.20. The predicted molar refractivity (Wildman–Crippen MR) is 161 cm³/mol. The highest BCUT2D eigenvalue weighted by Gasteiger charge is 2.45. The molecule has 2 atom stereocenters. The molecule has 2 aromatic heterocycles. The minimum atomic E-state index is -1.26. The van der Waals surface area contributed by atoms with Crippen LogP contribution in [0.15, 0.2) is 54.7 Å². The summed E-state index contributed by atoms with van der Waals surface area (Å²) in [6.45, 7) is 2.62. The Bertz CT molecular complexity index is 1740. The van der Waals surface area contributed by atoms with Gasteiger partial charge in [-0.25, -0.2) is 23.5 Å². The summed E-state index contributed by atoms with van der Waals surface area (Å²) < 4.78 is 40.0. The van der Waals surface area contributed by atoms with Crippen molar-refractivity contribution in [2.75, 3.05) is 42.3 Å². The van der Waals surface area contributed by atoms with Crippen LogP contribution < -0.4 is 20.3 Å². The molecular formula is C31H31F2N7O5. The second-order valence-electron chi connectivity index (χ2n) is 11.2. The predicted octanol–water partition coefficient (Wildman–Crippen LogP) is 4.91. The summed E-state index contributed by atoms with van der Waals surface area (Å²) >= 11 is 0. The zero-order valence-electron chi connectivity index (χ0n) is 24.5. The Kier molecular flexibility index (Phi) is 8.30. The highest BCUT2D eigenvalue weighted by atomic mass is 19.1. The third-order valence-electron chi connectivity index (χ3n) is 7.60. The number of pyridine rings is 1. The van der Waals surface area contributed by atoms with E-state index < -0.39 is 35.4 Å². The van der Waals surface area contributed by atoms with Crippen molar-refractivity contribution in [1.82, 2.24) is 20.1 Å². The van der Waals surface area contributed by atoms with E-state index in [-0.39, 0.29) is 29.7 Å². The van der Waals surface area contributed by atoms with E-state index in [1.807, 2.05) is 6.92 Å². The first-order valence-electron chi connectivity index (χ1n) is 14.5. The van der Waals surface area contributed by atoms with E-state index >= 15 is 4.39 Å². The Morgan fingerprint density at radius 1 is 1.11 bits per heavy atom. The molecule has 0 bridgehead atoms. The number of halogens is 2. The zero-order chi connectivity index (χ0) is 31.7. The average Bonchev–Trinajstić information content (AvgIpc) is 3.74. The summed E-state index contributed by atoms with van der Waals surface area (Å²) in [5, 5.41) is 13.4. The van der Waals surface area contributed by atoms with Crippen LogP contribution in [-0.4, -0.2) is 70.8 Å².